The fraction of sp³-hybridized carbons (Fsp3) is 0.190. The van der Waals surface area contributed by atoms with E-state index in [2.05, 4.69) is 36.3 Å². The van der Waals surface area contributed by atoms with E-state index < -0.39 is 0 Å². The highest BCUT2D eigenvalue weighted by Crippen LogP contribution is 2.26. The Bertz CT molecular complexity index is 980. The zero-order chi connectivity index (χ0) is 19.4. The Balaban J connectivity index is 1.57. The summed E-state index contributed by atoms with van der Waals surface area (Å²) in [7, 11) is 0. The fourth-order valence-electron chi connectivity index (χ4n) is 2.55. The smallest absolute Gasteiger partial charge is 0.226 e. The van der Waals surface area contributed by atoms with Gasteiger partial charge in [-0.25, -0.2) is 4.98 Å². The molecule has 6 heteroatoms. The highest BCUT2D eigenvalue weighted by molar-refractivity contribution is 7.14. The van der Waals surface area contributed by atoms with Crippen LogP contribution in [0.3, 0.4) is 0 Å². The SMILES string of the molecule is Cc1ccc(-c2csc(NC(=O)CCC(=O)c3ccc(Cl)cc3)n2)cc1C. The van der Waals surface area contributed by atoms with Crippen LogP contribution in [0.25, 0.3) is 11.3 Å². The molecule has 1 aromatic heterocycles. The summed E-state index contributed by atoms with van der Waals surface area (Å²) in [5.41, 5.74) is 4.83. The third-order valence-corrected chi connectivity index (χ3v) is 5.31. The van der Waals surface area contributed by atoms with Gasteiger partial charge in [-0.2, -0.15) is 0 Å². The van der Waals surface area contributed by atoms with E-state index in [1.165, 1.54) is 22.5 Å². The lowest BCUT2D eigenvalue weighted by Crippen LogP contribution is -2.13. The molecular weight excluding hydrogens is 380 g/mol. The van der Waals surface area contributed by atoms with Crippen molar-refractivity contribution in [2.24, 2.45) is 0 Å². The molecule has 0 radical (unpaired) electrons. The predicted octanol–water partition coefficient (Wildman–Crippen LogP) is 5.68. The van der Waals surface area contributed by atoms with Crippen molar-refractivity contribution in [2.75, 3.05) is 5.32 Å². The second-order valence-corrected chi connectivity index (χ2v) is 7.61. The highest BCUT2D eigenvalue weighted by Gasteiger charge is 2.12. The monoisotopic (exact) mass is 398 g/mol. The van der Waals surface area contributed by atoms with Gasteiger partial charge in [-0.05, 0) is 55.3 Å². The number of Topliss-reactive ketones (excluding diaryl/α,β-unsaturated/α-hetero) is 1. The molecular formula is C21H19ClN2O2S. The Morgan fingerprint density at radius 1 is 1.04 bits per heavy atom. The van der Waals surface area contributed by atoms with Crippen molar-refractivity contribution in [3.8, 4) is 11.3 Å². The number of aryl methyl sites for hydroxylation is 2. The first kappa shape index (κ1) is 19.3. The molecule has 138 valence electrons. The van der Waals surface area contributed by atoms with Crippen molar-refractivity contribution in [3.05, 3.63) is 69.6 Å². The van der Waals surface area contributed by atoms with Crippen molar-refractivity contribution >= 4 is 39.8 Å². The summed E-state index contributed by atoms with van der Waals surface area (Å²) in [4.78, 5) is 28.7. The second-order valence-electron chi connectivity index (χ2n) is 6.32. The normalized spacial score (nSPS) is 10.6. The lowest BCUT2D eigenvalue weighted by molar-refractivity contribution is -0.116. The van der Waals surface area contributed by atoms with E-state index in [0.29, 0.717) is 15.7 Å². The molecule has 0 atom stereocenters. The van der Waals surface area contributed by atoms with E-state index in [9.17, 15) is 9.59 Å². The third kappa shape index (κ3) is 5.02. The number of carbonyl (C=O) groups excluding carboxylic acids is 2. The maximum absolute atomic E-state index is 12.1. The van der Waals surface area contributed by atoms with Crippen molar-refractivity contribution in [3.63, 3.8) is 0 Å². The lowest BCUT2D eigenvalue weighted by Gasteiger charge is -2.03. The van der Waals surface area contributed by atoms with Crippen LogP contribution in [-0.2, 0) is 4.79 Å². The van der Waals surface area contributed by atoms with Crippen LogP contribution in [0.1, 0.15) is 34.3 Å². The number of halogens is 1. The number of ketones is 1. The zero-order valence-corrected chi connectivity index (χ0v) is 16.7. The van der Waals surface area contributed by atoms with Gasteiger partial charge in [-0.1, -0.05) is 23.7 Å². The summed E-state index contributed by atoms with van der Waals surface area (Å²) in [5, 5.41) is 5.80. The standard InChI is InChI=1S/C21H19ClN2O2S/c1-13-3-4-16(11-14(13)2)18-12-27-21(23-18)24-20(26)10-9-19(25)15-5-7-17(22)8-6-15/h3-8,11-12H,9-10H2,1-2H3,(H,23,24,26). The van der Waals surface area contributed by atoms with Gasteiger partial charge in [0, 0.05) is 34.4 Å². The minimum Gasteiger partial charge on any atom is -0.302 e. The van der Waals surface area contributed by atoms with Gasteiger partial charge < -0.3 is 5.32 Å². The average Bonchev–Trinajstić information content (AvgIpc) is 3.11. The number of amides is 1. The molecule has 0 fully saturated rings. The van der Waals surface area contributed by atoms with E-state index >= 15 is 0 Å². The summed E-state index contributed by atoms with van der Waals surface area (Å²) in [6, 6.07) is 12.8. The average molecular weight is 399 g/mol. The molecule has 0 saturated carbocycles. The largest absolute Gasteiger partial charge is 0.302 e. The minimum absolute atomic E-state index is 0.0863. The van der Waals surface area contributed by atoms with Crippen molar-refractivity contribution in [2.45, 2.75) is 26.7 Å². The number of benzene rings is 2. The summed E-state index contributed by atoms with van der Waals surface area (Å²) < 4.78 is 0. The number of rotatable bonds is 6. The van der Waals surface area contributed by atoms with Gasteiger partial charge in [0.2, 0.25) is 5.91 Å². The minimum atomic E-state index is -0.224. The van der Waals surface area contributed by atoms with Crippen LogP contribution in [0.5, 0.6) is 0 Å². The predicted molar refractivity (Wildman–Crippen MR) is 111 cm³/mol. The van der Waals surface area contributed by atoms with Gasteiger partial charge >= 0.3 is 0 Å². The van der Waals surface area contributed by atoms with Crippen LogP contribution in [0.15, 0.2) is 47.8 Å². The maximum Gasteiger partial charge on any atom is 0.226 e. The Hall–Kier alpha value is -2.50. The van der Waals surface area contributed by atoms with Gasteiger partial charge in [0.25, 0.3) is 0 Å². The summed E-state index contributed by atoms with van der Waals surface area (Å²) in [6.45, 7) is 4.13. The molecule has 0 aliphatic rings. The summed E-state index contributed by atoms with van der Waals surface area (Å²) in [5.74, 6) is -0.310. The van der Waals surface area contributed by atoms with Crippen molar-refractivity contribution in [1.29, 1.82) is 0 Å². The van der Waals surface area contributed by atoms with Crippen molar-refractivity contribution in [1.82, 2.24) is 4.98 Å². The van der Waals surface area contributed by atoms with Crippen LogP contribution < -0.4 is 5.32 Å². The quantitative estimate of drug-likeness (QED) is 0.543. The number of anilines is 1. The molecule has 27 heavy (non-hydrogen) atoms. The van der Waals surface area contributed by atoms with Crippen LogP contribution in [0.4, 0.5) is 5.13 Å². The number of aromatic nitrogens is 1. The maximum atomic E-state index is 12.1. The molecule has 0 aliphatic heterocycles. The molecule has 1 N–H and O–H groups in total. The molecule has 0 saturated heterocycles. The first-order valence-corrected chi connectivity index (χ1v) is 9.80. The summed E-state index contributed by atoms with van der Waals surface area (Å²) >= 11 is 7.19. The van der Waals surface area contributed by atoms with E-state index in [1.807, 2.05) is 11.4 Å². The van der Waals surface area contributed by atoms with E-state index in [1.54, 1.807) is 24.3 Å². The molecule has 3 aromatic rings. The van der Waals surface area contributed by atoms with Gasteiger partial charge in [-0.15, -0.1) is 11.3 Å². The first-order valence-electron chi connectivity index (χ1n) is 8.54. The van der Waals surface area contributed by atoms with Crippen molar-refractivity contribution < 1.29 is 9.59 Å². The van der Waals surface area contributed by atoms with E-state index in [0.717, 1.165) is 11.3 Å². The van der Waals surface area contributed by atoms with Gasteiger partial charge in [0.1, 0.15) is 0 Å². The molecule has 4 nitrogen and oxygen atoms in total. The van der Waals surface area contributed by atoms with Crippen LogP contribution in [-0.4, -0.2) is 16.7 Å². The highest BCUT2D eigenvalue weighted by atomic mass is 35.5. The molecule has 2 aromatic carbocycles. The van der Waals surface area contributed by atoms with Crippen LogP contribution >= 0.6 is 22.9 Å². The number of carbonyl (C=O) groups is 2. The number of hydrogen-bond donors (Lipinski definition) is 1. The molecule has 0 spiro atoms. The van der Waals surface area contributed by atoms with Gasteiger partial charge in [0.15, 0.2) is 10.9 Å². The second kappa shape index (κ2) is 8.46. The summed E-state index contributed by atoms with van der Waals surface area (Å²) in [6.07, 6.45) is 0.253. The topological polar surface area (TPSA) is 59.1 Å². The van der Waals surface area contributed by atoms with E-state index in [4.69, 9.17) is 11.6 Å². The van der Waals surface area contributed by atoms with E-state index in [-0.39, 0.29) is 24.5 Å². The number of thiazole rings is 1. The van der Waals surface area contributed by atoms with Gasteiger partial charge in [-0.3, -0.25) is 9.59 Å². The zero-order valence-electron chi connectivity index (χ0n) is 15.1. The van der Waals surface area contributed by atoms with Crippen LogP contribution in [0.2, 0.25) is 5.02 Å². The molecule has 3 rings (SSSR count). The van der Waals surface area contributed by atoms with Crippen LogP contribution in [0, 0.1) is 13.8 Å². The Morgan fingerprint density at radius 2 is 1.78 bits per heavy atom. The lowest BCUT2D eigenvalue weighted by atomic mass is 10.1. The fourth-order valence-corrected chi connectivity index (χ4v) is 3.42. The van der Waals surface area contributed by atoms with Gasteiger partial charge in [0.05, 0.1) is 5.69 Å². The third-order valence-electron chi connectivity index (χ3n) is 4.30. The molecule has 1 heterocycles. The number of nitrogens with zero attached hydrogens (tertiary/aromatic N) is 1. The Labute approximate surface area is 167 Å². The number of nitrogens with one attached hydrogen (secondary N) is 1. The first-order chi connectivity index (χ1) is 12.9. The molecule has 0 aliphatic carbocycles. The molecule has 0 bridgehead atoms. The number of hydrogen-bond acceptors (Lipinski definition) is 4. The Kier molecular flexibility index (Phi) is 6.04. The molecule has 1 amide bonds. The molecule has 0 unspecified atom stereocenters. The Morgan fingerprint density at radius 3 is 2.48 bits per heavy atom.